The van der Waals surface area contributed by atoms with E-state index in [0.29, 0.717) is 25.1 Å². The molecule has 3 atom stereocenters. The van der Waals surface area contributed by atoms with Gasteiger partial charge in [0.05, 0.1) is 12.2 Å². The molecule has 0 fully saturated rings. The van der Waals surface area contributed by atoms with E-state index in [9.17, 15) is 15.3 Å². The third-order valence-corrected chi connectivity index (χ3v) is 3.82. The number of nitrogens with one attached hydrogen (secondary N) is 1. The van der Waals surface area contributed by atoms with E-state index < -0.39 is 18.3 Å². The number of aliphatic hydroxyl groups is 3. The highest BCUT2D eigenvalue weighted by molar-refractivity contribution is 5.43. The fourth-order valence-corrected chi connectivity index (χ4v) is 2.54. The van der Waals surface area contributed by atoms with Gasteiger partial charge in [-0.25, -0.2) is 0 Å². The number of fused-ring (bicyclic) bond motifs is 1. The van der Waals surface area contributed by atoms with Crippen LogP contribution in [0.5, 0.6) is 5.75 Å². The van der Waals surface area contributed by atoms with Crippen molar-refractivity contribution in [3.63, 3.8) is 0 Å². The third-order valence-electron chi connectivity index (χ3n) is 3.82. The lowest BCUT2D eigenvalue weighted by molar-refractivity contribution is 0.0132. The minimum Gasteiger partial charge on any atom is -0.491 e. The molecular weight excluding hydrogens is 282 g/mol. The van der Waals surface area contributed by atoms with Gasteiger partial charge in [-0.05, 0) is 32.4 Å². The van der Waals surface area contributed by atoms with Crippen molar-refractivity contribution in [2.75, 3.05) is 13.2 Å². The Kier molecular flexibility index (Phi) is 5.45. The van der Waals surface area contributed by atoms with Crippen LogP contribution in [0, 0.1) is 0 Å². The quantitative estimate of drug-likeness (QED) is 0.641. The Labute approximate surface area is 131 Å². The fraction of sp³-hybridized carbons (Fsp3) is 0.647. The van der Waals surface area contributed by atoms with Gasteiger partial charge in [-0.15, -0.1) is 0 Å². The Balaban J connectivity index is 1.95. The first kappa shape index (κ1) is 17.2. The van der Waals surface area contributed by atoms with Crippen LogP contribution in [0.2, 0.25) is 0 Å². The van der Waals surface area contributed by atoms with Crippen molar-refractivity contribution < 1.29 is 20.1 Å². The summed E-state index contributed by atoms with van der Waals surface area (Å²) >= 11 is 0. The predicted octanol–water partition coefficient (Wildman–Crippen LogP) is 0.635. The largest absolute Gasteiger partial charge is 0.491 e. The van der Waals surface area contributed by atoms with Gasteiger partial charge in [-0.1, -0.05) is 12.1 Å². The molecule has 1 aliphatic rings. The zero-order chi connectivity index (χ0) is 16.3. The van der Waals surface area contributed by atoms with Gasteiger partial charge in [0.25, 0.3) is 0 Å². The van der Waals surface area contributed by atoms with Crippen molar-refractivity contribution in [3.8, 4) is 5.75 Å². The number of β-amino-alcohol motifs (C(OH)–C–C–N with tert-alkyl or cyclic N) is 1. The first-order valence-electron chi connectivity index (χ1n) is 7.79. The Hall–Kier alpha value is -1.14. The van der Waals surface area contributed by atoms with E-state index in [1.165, 1.54) is 0 Å². The number of ether oxygens (including phenoxy) is 1. The summed E-state index contributed by atoms with van der Waals surface area (Å²) in [4.78, 5) is 0. The lowest BCUT2D eigenvalue weighted by Gasteiger charge is -2.28. The molecule has 1 aromatic rings. The molecule has 5 heteroatoms. The number of hydrogen-bond acceptors (Lipinski definition) is 5. The molecule has 0 saturated carbocycles. The first-order chi connectivity index (χ1) is 10.3. The maximum Gasteiger partial charge on any atom is 0.123 e. The van der Waals surface area contributed by atoms with E-state index in [1.807, 2.05) is 39.0 Å². The van der Waals surface area contributed by atoms with E-state index in [4.69, 9.17) is 4.74 Å². The van der Waals surface area contributed by atoms with Crippen LogP contribution in [-0.2, 0) is 12.8 Å². The second-order valence-corrected chi connectivity index (χ2v) is 7.03. The molecule has 22 heavy (non-hydrogen) atoms. The van der Waals surface area contributed by atoms with E-state index in [0.717, 1.165) is 11.1 Å². The van der Waals surface area contributed by atoms with Crippen LogP contribution in [0.15, 0.2) is 18.2 Å². The molecule has 0 spiro atoms. The number of hydrogen-bond donors (Lipinski definition) is 4. The molecule has 5 nitrogen and oxygen atoms in total. The Morgan fingerprint density at radius 1 is 1.23 bits per heavy atom. The standard InChI is InChI=1S/C17H27NO4/c1-17(2,3)18-9-12(19)10-22-16-6-4-5-11-7-14(20)15(21)8-13(11)16/h4-6,12,14-15,18-21H,7-10H2,1-3H3/t12-,14+,15+/m0/s1. The van der Waals surface area contributed by atoms with Gasteiger partial charge < -0.3 is 25.4 Å². The van der Waals surface area contributed by atoms with E-state index >= 15 is 0 Å². The van der Waals surface area contributed by atoms with Crippen LogP contribution in [0.1, 0.15) is 31.9 Å². The number of benzene rings is 1. The summed E-state index contributed by atoms with van der Waals surface area (Å²) in [5.74, 6) is 0.679. The highest BCUT2D eigenvalue weighted by atomic mass is 16.5. The summed E-state index contributed by atoms with van der Waals surface area (Å²) in [5, 5.41) is 32.8. The predicted molar refractivity (Wildman–Crippen MR) is 85.1 cm³/mol. The molecule has 0 radical (unpaired) electrons. The number of aliphatic hydroxyl groups excluding tert-OH is 3. The van der Waals surface area contributed by atoms with E-state index in [1.54, 1.807) is 0 Å². The zero-order valence-corrected chi connectivity index (χ0v) is 13.5. The van der Waals surface area contributed by atoms with Crippen molar-refractivity contribution in [1.29, 1.82) is 0 Å². The summed E-state index contributed by atoms with van der Waals surface area (Å²) in [7, 11) is 0. The topological polar surface area (TPSA) is 82.0 Å². The molecule has 0 heterocycles. The smallest absolute Gasteiger partial charge is 0.123 e. The third kappa shape index (κ3) is 4.68. The average molecular weight is 309 g/mol. The van der Waals surface area contributed by atoms with Crippen molar-refractivity contribution in [2.24, 2.45) is 0 Å². The lowest BCUT2D eigenvalue weighted by atomic mass is 9.87. The Morgan fingerprint density at radius 3 is 2.59 bits per heavy atom. The Bertz CT molecular complexity index is 498. The summed E-state index contributed by atoms with van der Waals surface area (Å²) in [6, 6.07) is 5.65. The van der Waals surface area contributed by atoms with Crippen LogP contribution in [0.3, 0.4) is 0 Å². The first-order valence-corrected chi connectivity index (χ1v) is 7.79. The van der Waals surface area contributed by atoms with Gasteiger partial charge in [0.2, 0.25) is 0 Å². The van der Waals surface area contributed by atoms with Gasteiger partial charge >= 0.3 is 0 Å². The van der Waals surface area contributed by atoms with Crippen molar-refractivity contribution in [3.05, 3.63) is 29.3 Å². The second-order valence-electron chi connectivity index (χ2n) is 7.03. The minimum absolute atomic E-state index is 0.0485. The van der Waals surface area contributed by atoms with E-state index in [2.05, 4.69) is 5.32 Å². The molecule has 0 saturated heterocycles. The highest BCUT2D eigenvalue weighted by Gasteiger charge is 2.27. The molecule has 1 aromatic carbocycles. The van der Waals surface area contributed by atoms with Gasteiger partial charge in [-0.2, -0.15) is 0 Å². The Morgan fingerprint density at radius 2 is 1.91 bits per heavy atom. The summed E-state index contributed by atoms with van der Waals surface area (Å²) < 4.78 is 5.73. The van der Waals surface area contributed by atoms with E-state index in [-0.39, 0.29) is 12.1 Å². The van der Waals surface area contributed by atoms with Crippen LogP contribution >= 0.6 is 0 Å². The summed E-state index contributed by atoms with van der Waals surface area (Å²) in [6.07, 6.45) is -1.27. The fourth-order valence-electron chi connectivity index (χ4n) is 2.54. The molecule has 0 unspecified atom stereocenters. The summed E-state index contributed by atoms with van der Waals surface area (Å²) in [5.41, 5.74) is 1.88. The van der Waals surface area contributed by atoms with Crippen LogP contribution in [0.25, 0.3) is 0 Å². The van der Waals surface area contributed by atoms with Gasteiger partial charge in [-0.3, -0.25) is 0 Å². The maximum absolute atomic E-state index is 10.00. The molecule has 1 aliphatic carbocycles. The molecule has 0 aliphatic heterocycles. The average Bonchev–Trinajstić information content (AvgIpc) is 2.43. The minimum atomic E-state index is -0.760. The maximum atomic E-state index is 10.00. The molecule has 0 bridgehead atoms. The van der Waals surface area contributed by atoms with Crippen molar-refractivity contribution in [1.82, 2.24) is 5.32 Å². The summed E-state index contributed by atoms with van der Waals surface area (Å²) in [6.45, 7) is 6.78. The van der Waals surface area contributed by atoms with Gasteiger partial charge in [0.15, 0.2) is 0 Å². The van der Waals surface area contributed by atoms with Crippen LogP contribution in [0.4, 0.5) is 0 Å². The van der Waals surface area contributed by atoms with Crippen LogP contribution in [-0.4, -0.2) is 52.3 Å². The lowest BCUT2D eigenvalue weighted by Crippen LogP contribution is -2.42. The monoisotopic (exact) mass is 309 g/mol. The molecule has 0 amide bonds. The van der Waals surface area contributed by atoms with Crippen molar-refractivity contribution >= 4 is 0 Å². The SMILES string of the molecule is CC(C)(C)NC[C@H](O)COc1cccc2c1C[C@@H](O)[C@H](O)C2. The van der Waals surface area contributed by atoms with Crippen molar-refractivity contribution in [2.45, 2.75) is 57.5 Å². The molecule has 2 rings (SSSR count). The molecule has 4 N–H and O–H groups in total. The number of rotatable bonds is 5. The normalized spacial score (nSPS) is 23.0. The molecule has 124 valence electrons. The van der Waals surface area contributed by atoms with Gasteiger partial charge in [0.1, 0.15) is 18.5 Å². The molecular formula is C17H27NO4. The second kappa shape index (κ2) is 6.96. The zero-order valence-electron chi connectivity index (χ0n) is 13.5. The van der Waals surface area contributed by atoms with Crippen LogP contribution < -0.4 is 10.1 Å². The van der Waals surface area contributed by atoms with Gasteiger partial charge in [0, 0.05) is 30.5 Å². The molecule has 0 aromatic heterocycles. The highest BCUT2D eigenvalue weighted by Crippen LogP contribution is 2.30.